The number of nitrogens with one attached hydrogen (secondary N) is 9. The zero-order valence-corrected chi connectivity index (χ0v) is 56.9. The summed E-state index contributed by atoms with van der Waals surface area (Å²) in [6, 6.07) is 17.6. The Kier molecular flexibility index (Phi) is 26.1. The van der Waals surface area contributed by atoms with E-state index >= 15 is 4.79 Å². The summed E-state index contributed by atoms with van der Waals surface area (Å²) in [6.45, 7) is 6.94. The van der Waals surface area contributed by atoms with Crippen molar-refractivity contribution in [3.63, 3.8) is 0 Å². The van der Waals surface area contributed by atoms with Gasteiger partial charge in [0.15, 0.2) is 0 Å². The van der Waals surface area contributed by atoms with Gasteiger partial charge in [0.2, 0.25) is 59.1 Å². The van der Waals surface area contributed by atoms with Crippen LogP contribution in [0.5, 0.6) is 5.75 Å². The van der Waals surface area contributed by atoms with Crippen LogP contribution in [0.3, 0.4) is 0 Å². The molecule has 99 heavy (non-hydrogen) atoms. The number of carbonyl (C=O) groups is 10. The first-order valence-electron chi connectivity index (χ1n) is 34.1. The molecule has 27 heteroatoms. The smallest absolute Gasteiger partial charge is 0.246 e. The van der Waals surface area contributed by atoms with Crippen LogP contribution in [0.1, 0.15) is 111 Å². The van der Waals surface area contributed by atoms with Gasteiger partial charge in [0, 0.05) is 82.2 Å². The number of halogens is 1. The molecule has 6 heterocycles. The monoisotopic (exact) mass is 1370 g/mol. The molecule has 5 aromatic rings. The number of rotatable bonds is 12. The Bertz CT molecular complexity index is 3730. The number of hydrogen-bond acceptors (Lipinski definition) is 15. The average molecular weight is 1370 g/mol. The SMILES string of the molecule is COc1ccc(C[C@@H]2NC(=O)[C@H]([C@@H](C)O)NC(=O)C3[C@@H]4CCN3C(=O)CNC(=O)[C@H](Cc3cccc(c3)CNC(=O)CO4)NC(=O)CNC(=O)[C@H](C)NCCCC(=O)NCc3ccc(cc3COCCCCCn3cc(C)c4cc(F)ccc43)CCNC(=O)[C@]3(C)CCCN3C2=O)cc1. The van der Waals surface area contributed by atoms with E-state index in [4.69, 9.17) is 14.2 Å². The second-order valence-electron chi connectivity index (χ2n) is 26.2. The van der Waals surface area contributed by atoms with Crippen molar-refractivity contribution in [3.05, 3.63) is 136 Å². The number of carbonyl (C=O) groups excluding carboxylic acids is 10. The van der Waals surface area contributed by atoms with E-state index in [0.29, 0.717) is 48.3 Å². The topological polar surface area (TPSA) is 338 Å². The lowest BCUT2D eigenvalue weighted by Gasteiger charge is -2.37. The molecule has 10 amide bonds. The third-order valence-electron chi connectivity index (χ3n) is 18.8. The zero-order chi connectivity index (χ0) is 70.8. The first kappa shape index (κ1) is 73.9. The first-order chi connectivity index (χ1) is 47.6. The van der Waals surface area contributed by atoms with Gasteiger partial charge in [0.05, 0.1) is 45.1 Å². The minimum atomic E-state index is -1.75. The van der Waals surface area contributed by atoms with Crippen LogP contribution in [-0.4, -0.2) is 186 Å². The van der Waals surface area contributed by atoms with Gasteiger partial charge < -0.3 is 81.5 Å². The van der Waals surface area contributed by atoms with Crippen molar-refractivity contribution in [3.8, 4) is 5.75 Å². The summed E-state index contributed by atoms with van der Waals surface area (Å²) in [4.78, 5) is 144. The van der Waals surface area contributed by atoms with Crippen LogP contribution in [0.15, 0.2) is 91.1 Å². The van der Waals surface area contributed by atoms with Gasteiger partial charge in [-0.3, -0.25) is 47.9 Å². The highest BCUT2D eigenvalue weighted by molar-refractivity contribution is 5.98. The fourth-order valence-electron chi connectivity index (χ4n) is 13.1. The molecule has 8 bridgehead atoms. The number of amides is 10. The molecule has 8 atom stereocenters. The average Bonchev–Trinajstić information content (AvgIpc) is 1.70. The Morgan fingerprint density at radius 3 is 2.29 bits per heavy atom. The van der Waals surface area contributed by atoms with Gasteiger partial charge in [-0.25, -0.2) is 4.39 Å². The van der Waals surface area contributed by atoms with Crippen LogP contribution in [0.4, 0.5) is 4.39 Å². The number of fused-ring (bicyclic) bond motifs is 26. The van der Waals surface area contributed by atoms with E-state index in [1.54, 1.807) is 74.5 Å². The number of aliphatic hydroxyl groups is 1. The third kappa shape index (κ3) is 20.0. The van der Waals surface area contributed by atoms with Crippen LogP contribution in [0.2, 0.25) is 0 Å². The Hall–Kier alpha value is -9.31. The van der Waals surface area contributed by atoms with Crippen molar-refractivity contribution < 1.29 is 71.7 Å². The molecule has 0 aliphatic carbocycles. The lowest BCUT2D eigenvalue weighted by Crippen LogP contribution is -2.63. The second kappa shape index (κ2) is 34.9. The third-order valence-corrected chi connectivity index (χ3v) is 18.8. The van der Waals surface area contributed by atoms with E-state index in [2.05, 4.69) is 52.4 Å². The maximum absolute atomic E-state index is 15.2. The summed E-state index contributed by atoms with van der Waals surface area (Å²) >= 11 is 0. The number of aliphatic hydroxyl groups excluding tert-OH is 1. The summed E-state index contributed by atoms with van der Waals surface area (Å²) < 4.78 is 33.8. The van der Waals surface area contributed by atoms with E-state index in [1.165, 1.54) is 25.0 Å². The van der Waals surface area contributed by atoms with Crippen molar-refractivity contribution in [2.24, 2.45) is 0 Å². The number of ether oxygens (including phenoxy) is 3. The number of methoxy groups -OCH3 is 1. The molecule has 2 fully saturated rings. The van der Waals surface area contributed by atoms with Crippen LogP contribution in [0, 0.1) is 12.7 Å². The normalized spacial score (nSPS) is 23.9. The predicted octanol–water partition coefficient (Wildman–Crippen LogP) is 2.08. The standard InChI is InChI=1S/C72H93FN12O14/c1-44-41-83(58-22-19-53(73)36-55(44)58)28-7-6-8-31-98-42-52-33-48-15-18-51(52)38-77-60(87)14-10-26-74-45(2)66(91)78-39-61(88)80-56-35-49-12-9-13-50(32-49)37-76-62(89)43-99-59-24-30-84(63(90)40-79-67(56)92)65(59)69(94)82-64(46(3)86)68(93)81-57(34-47-16-20-54(97-5)21-17-47)70(95)85-29-11-25-72(85,4)71(96)75-27-23-48/h9,12-13,15-22,32-33,36,41,45-46,56-57,59,64-65,74,86H,6-8,10-11,14,23-31,34-35,37-40,42-43H2,1-5H3,(H,75,96)(H,76,89)(H,77,87)(H,78,91)(H,79,92)(H,80,88)(H,81,93)(H,82,94)/t45-,46+,56-,57-,59-,64-,65?,72-/m0/s1. The quantitative estimate of drug-likeness (QED) is 0.0632. The molecule has 4 aromatic carbocycles. The van der Waals surface area contributed by atoms with Gasteiger partial charge in [0.1, 0.15) is 47.9 Å². The fraction of sp³-hybridized carbons (Fsp3) is 0.500. The van der Waals surface area contributed by atoms with Gasteiger partial charge in [-0.2, -0.15) is 0 Å². The van der Waals surface area contributed by atoms with Crippen molar-refractivity contribution in [1.82, 2.24) is 62.2 Å². The highest BCUT2D eigenvalue weighted by Gasteiger charge is 2.49. The number of benzene rings is 4. The predicted molar refractivity (Wildman–Crippen MR) is 363 cm³/mol. The number of hydrogen-bond donors (Lipinski definition) is 10. The lowest BCUT2D eigenvalue weighted by atomic mass is 9.95. The van der Waals surface area contributed by atoms with E-state index in [0.717, 1.165) is 63.9 Å². The molecule has 0 radical (unpaired) electrons. The minimum Gasteiger partial charge on any atom is -0.497 e. The molecule has 532 valence electrons. The van der Waals surface area contributed by atoms with Gasteiger partial charge in [-0.05, 0) is 155 Å². The molecule has 1 unspecified atom stereocenters. The van der Waals surface area contributed by atoms with Crippen molar-refractivity contribution in [2.45, 2.75) is 173 Å². The van der Waals surface area contributed by atoms with E-state index in [9.17, 15) is 52.6 Å². The molecule has 5 aliphatic rings. The van der Waals surface area contributed by atoms with E-state index in [-0.39, 0.29) is 89.7 Å². The van der Waals surface area contributed by atoms with Crippen LogP contribution < -0.4 is 52.6 Å². The minimum absolute atomic E-state index is 0.0253. The summed E-state index contributed by atoms with van der Waals surface area (Å²) in [5.41, 5.74) is 4.95. The largest absolute Gasteiger partial charge is 0.497 e. The lowest BCUT2D eigenvalue weighted by molar-refractivity contribution is -0.147. The highest BCUT2D eigenvalue weighted by atomic mass is 19.1. The molecule has 1 aromatic heterocycles. The Balaban J connectivity index is 0.949. The molecule has 0 spiro atoms. The summed E-state index contributed by atoms with van der Waals surface area (Å²) in [5.74, 6) is -6.32. The summed E-state index contributed by atoms with van der Waals surface area (Å²) in [6.07, 6.45) is 3.30. The van der Waals surface area contributed by atoms with Gasteiger partial charge >= 0.3 is 0 Å². The fourth-order valence-corrected chi connectivity index (χ4v) is 13.1. The molecular weight excluding hydrogens is 1280 g/mol. The number of unbranched alkanes of at least 4 members (excludes halogenated alkanes) is 2. The highest BCUT2D eigenvalue weighted by Crippen LogP contribution is 2.31. The van der Waals surface area contributed by atoms with Gasteiger partial charge in [-0.15, -0.1) is 0 Å². The number of aryl methyl sites for hydroxylation is 2. The molecule has 10 rings (SSSR count). The van der Waals surface area contributed by atoms with Crippen molar-refractivity contribution in [1.29, 1.82) is 0 Å². The Morgan fingerprint density at radius 2 is 1.51 bits per heavy atom. The molecule has 0 saturated carbocycles. The van der Waals surface area contributed by atoms with Crippen LogP contribution in [0.25, 0.3) is 10.9 Å². The Morgan fingerprint density at radius 1 is 0.727 bits per heavy atom. The second-order valence-corrected chi connectivity index (χ2v) is 26.2. The maximum atomic E-state index is 15.2. The molecule has 5 aliphatic heterocycles. The first-order valence-corrected chi connectivity index (χ1v) is 34.1. The molecule has 10 N–H and O–H groups in total. The Labute approximate surface area is 575 Å². The van der Waals surface area contributed by atoms with E-state index < -0.39 is 121 Å². The van der Waals surface area contributed by atoms with Crippen LogP contribution in [-0.2, 0) is 103 Å². The summed E-state index contributed by atoms with van der Waals surface area (Å²) in [5, 5.41) is 37.4. The van der Waals surface area contributed by atoms with Gasteiger partial charge in [-0.1, -0.05) is 54.6 Å². The molecule has 2 saturated heterocycles. The van der Waals surface area contributed by atoms with Crippen LogP contribution >= 0.6 is 0 Å². The number of nitrogens with zero attached hydrogens (tertiary/aromatic N) is 3. The van der Waals surface area contributed by atoms with Crippen molar-refractivity contribution >= 4 is 70.0 Å². The van der Waals surface area contributed by atoms with Gasteiger partial charge in [0.25, 0.3) is 0 Å². The number of aromatic nitrogens is 1. The maximum Gasteiger partial charge on any atom is 0.246 e. The van der Waals surface area contributed by atoms with Crippen molar-refractivity contribution in [2.75, 3.05) is 59.6 Å². The molecular formula is C72H93FN12O14. The summed E-state index contributed by atoms with van der Waals surface area (Å²) in [7, 11) is 1.50. The molecule has 26 nitrogen and oxygen atoms in total. The van der Waals surface area contributed by atoms with E-state index in [1.807, 2.05) is 31.3 Å². The zero-order valence-electron chi connectivity index (χ0n) is 56.9.